The third kappa shape index (κ3) is 1.56. The van der Waals surface area contributed by atoms with E-state index >= 15 is 0 Å². The van der Waals surface area contributed by atoms with Crippen LogP contribution >= 0.6 is 0 Å². The average Bonchev–Trinajstić information content (AvgIpc) is 3.11. The van der Waals surface area contributed by atoms with E-state index in [0.29, 0.717) is 29.6 Å². The van der Waals surface area contributed by atoms with Crippen molar-refractivity contribution >= 4 is 11.2 Å². The molecule has 1 saturated carbocycles. The molecule has 7 nitrogen and oxygen atoms in total. The summed E-state index contributed by atoms with van der Waals surface area (Å²) in [6, 6.07) is 0.137. The van der Waals surface area contributed by atoms with Crippen LogP contribution in [0.4, 0.5) is 0 Å². The molecule has 4 rings (SSSR count). The zero-order valence-electron chi connectivity index (χ0n) is 10.9. The summed E-state index contributed by atoms with van der Waals surface area (Å²) in [6.45, 7) is 1.60. The Hall–Kier alpha value is -1.73. The third-order valence-corrected chi connectivity index (χ3v) is 4.77. The van der Waals surface area contributed by atoms with Crippen molar-refractivity contribution < 1.29 is 9.84 Å². The summed E-state index contributed by atoms with van der Waals surface area (Å²) >= 11 is 0. The van der Waals surface area contributed by atoms with Gasteiger partial charge >= 0.3 is 0 Å². The number of imidazole rings is 1. The summed E-state index contributed by atoms with van der Waals surface area (Å²) in [6.07, 6.45) is 4.01. The third-order valence-electron chi connectivity index (χ3n) is 4.77. The molecule has 7 heteroatoms. The van der Waals surface area contributed by atoms with E-state index in [-0.39, 0.29) is 24.1 Å². The van der Waals surface area contributed by atoms with Gasteiger partial charge in [-0.3, -0.25) is 4.79 Å². The Morgan fingerprint density at radius 1 is 1.45 bits per heavy atom. The largest absolute Gasteiger partial charge is 0.396 e. The number of H-pyrrole nitrogens is 1. The minimum Gasteiger partial charge on any atom is -0.396 e. The Morgan fingerprint density at radius 3 is 3.20 bits per heavy atom. The maximum absolute atomic E-state index is 11.7. The first-order valence-corrected chi connectivity index (χ1v) is 6.88. The van der Waals surface area contributed by atoms with Crippen LogP contribution < -0.4 is 5.56 Å². The van der Waals surface area contributed by atoms with Gasteiger partial charge in [-0.05, 0) is 18.3 Å². The number of nitrogens with zero attached hydrogens (tertiary/aromatic N) is 3. The molecule has 0 amide bonds. The minimum absolute atomic E-state index is 0.123. The highest BCUT2D eigenvalue weighted by atomic mass is 16.5. The standard InChI is InChI=1S/C13H16N4O3/c18-2-8-9-4-20-3-7(9)1-10(8)17-6-16-11-12(17)14-5-15-13(11)19/h5-10,18H,1-4H2,(H,14,15,19)/t7-,8-,9-,10-/m1/s1. The Kier molecular flexibility index (Phi) is 2.64. The monoisotopic (exact) mass is 276 g/mol. The lowest BCUT2D eigenvalue weighted by Crippen LogP contribution is -2.24. The number of rotatable bonds is 2. The first kappa shape index (κ1) is 12.0. The van der Waals surface area contributed by atoms with Crippen molar-refractivity contribution in [1.82, 2.24) is 19.5 Å². The highest BCUT2D eigenvalue weighted by Gasteiger charge is 2.47. The number of nitrogens with one attached hydrogen (secondary N) is 1. The topological polar surface area (TPSA) is 93.0 Å². The fraction of sp³-hybridized carbons (Fsp3) is 0.615. The molecule has 3 heterocycles. The van der Waals surface area contributed by atoms with Crippen LogP contribution in [-0.4, -0.2) is 44.4 Å². The highest BCUT2D eigenvalue weighted by molar-refractivity contribution is 5.68. The van der Waals surface area contributed by atoms with Gasteiger partial charge in [-0.15, -0.1) is 0 Å². The zero-order chi connectivity index (χ0) is 13.7. The molecule has 4 atom stereocenters. The summed E-state index contributed by atoms with van der Waals surface area (Å²) in [5, 5.41) is 9.73. The van der Waals surface area contributed by atoms with Crippen LogP contribution in [0.3, 0.4) is 0 Å². The number of aliphatic hydroxyl groups is 1. The quantitative estimate of drug-likeness (QED) is 0.801. The smallest absolute Gasteiger partial charge is 0.278 e. The van der Waals surface area contributed by atoms with Crippen molar-refractivity contribution in [1.29, 1.82) is 0 Å². The van der Waals surface area contributed by atoms with E-state index in [1.54, 1.807) is 6.33 Å². The van der Waals surface area contributed by atoms with E-state index in [9.17, 15) is 9.90 Å². The first-order valence-electron chi connectivity index (χ1n) is 6.88. The molecule has 1 saturated heterocycles. The number of hydrogen-bond donors (Lipinski definition) is 2. The molecule has 2 fully saturated rings. The molecular formula is C13H16N4O3. The Morgan fingerprint density at radius 2 is 2.35 bits per heavy atom. The van der Waals surface area contributed by atoms with Crippen LogP contribution in [0.5, 0.6) is 0 Å². The van der Waals surface area contributed by atoms with Crippen LogP contribution in [0.1, 0.15) is 12.5 Å². The Labute approximate surface area is 114 Å². The van der Waals surface area contributed by atoms with Crippen molar-refractivity contribution in [2.24, 2.45) is 17.8 Å². The Balaban J connectivity index is 1.79. The van der Waals surface area contributed by atoms with Crippen molar-refractivity contribution in [3.8, 4) is 0 Å². The number of hydrogen-bond acceptors (Lipinski definition) is 5. The van der Waals surface area contributed by atoms with Gasteiger partial charge in [-0.2, -0.15) is 0 Å². The summed E-state index contributed by atoms with van der Waals surface area (Å²) in [7, 11) is 0. The fourth-order valence-electron chi connectivity index (χ4n) is 3.78. The number of aliphatic hydroxyl groups excluding tert-OH is 1. The van der Waals surface area contributed by atoms with Gasteiger partial charge in [-0.25, -0.2) is 9.97 Å². The molecule has 2 aliphatic rings. The second kappa shape index (κ2) is 4.39. The van der Waals surface area contributed by atoms with Gasteiger partial charge in [-0.1, -0.05) is 0 Å². The second-order valence-electron chi connectivity index (χ2n) is 5.67. The molecule has 0 radical (unpaired) electrons. The number of fused-ring (bicyclic) bond motifs is 2. The lowest BCUT2D eigenvalue weighted by atomic mass is 9.92. The molecule has 0 bridgehead atoms. The molecule has 0 unspecified atom stereocenters. The molecule has 106 valence electrons. The van der Waals surface area contributed by atoms with Gasteiger partial charge in [0.1, 0.15) is 0 Å². The molecule has 1 aliphatic carbocycles. The van der Waals surface area contributed by atoms with Gasteiger partial charge in [0, 0.05) is 25.2 Å². The number of ether oxygens (including phenoxy) is 1. The van der Waals surface area contributed by atoms with Gasteiger partial charge in [0.25, 0.3) is 5.56 Å². The molecule has 20 heavy (non-hydrogen) atoms. The normalized spacial score (nSPS) is 32.9. The predicted octanol–water partition coefficient (Wildman–Crippen LogP) is -0.0645. The lowest BCUT2D eigenvalue weighted by Gasteiger charge is -2.22. The van der Waals surface area contributed by atoms with Crippen LogP contribution in [0.15, 0.2) is 17.4 Å². The summed E-state index contributed by atoms with van der Waals surface area (Å²) in [4.78, 5) is 22.7. The number of aromatic nitrogens is 4. The SMILES string of the molecule is O=c1[nH]cnc2c1ncn2[C@@H]1C[C@@H]2COC[C@H]2[C@H]1CO. The van der Waals surface area contributed by atoms with Crippen molar-refractivity contribution in [3.63, 3.8) is 0 Å². The van der Waals surface area contributed by atoms with E-state index in [0.717, 1.165) is 13.0 Å². The molecule has 1 aliphatic heterocycles. The molecule has 0 spiro atoms. The Bertz CT molecular complexity index is 694. The molecule has 0 aromatic carbocycles. The van der Waals surface area contributed by atoms with Crippen molar-refractivity contribution in [2.45, 2.75) is 12.5 Å². The van der Waals surface area contributed by atoms with E-state index in [4.69, 9.17) is 4.74 Å². The predicted molar refractivity (Wildman–Crippen MR) is 70.2 cm³/mol. The first-order chi connectivity index (χ1) is 9.79. The maximum atomic E-state index is 11.7. The van der Waals surface area contributed by atoms with E-state index < -0.39 is 0 Å². The van der Waals surface area contributed by atoms with Gasteiger partial charge < -0.3 is 19.4 Å². The molecule has 2 aromatic rings. The van der Waals surface area contributed by atoms with Gasteiger partial charge in [0.15, 0.2) is 11.2 Å². The average molecular weight is 276 g/mol. The fourth-order valence-corrected chi connectivity index (χ4v) is 3.78. The second-order valence-corrected chi connectivity index (χ2v) is 5.67. The zero-order valence-corrected chi connectivity index (χ0v) is 10.9. The molecular weight excluding hydrogens is 260 g/mol. The highest BCUT2D eigenvalue weighted by Crippen LogP contribution is 2.47. The lowest BCUT2D eigenvalue weighted by molar-refractivity contribution is 0.118. The van der Waals surface area contributed by atoms with Gasteiger partial charge in [0.05, 0.1) is 19.3 Å². The van der Waals surface area contributed by atoms with Crippen LogP contribution in [0.25, 0.3) is 11.2 Å². The van der Waals surface area contributed by atoms with E-state index in [1.807, 2.05) is 4.57 Å². The van der Waals surface area contributed by atoms with E-state index in [1.165, 1.54) is 6.33 Å². The summed E-state index contributed by atoms with van der Waals surface area (Å²) in [5.74, 6) is 1.02. The summed E-state index contributed by atoms with van der Waals surface area (Å²) in [5.41, 5.74) is 0.728. The molecule has 2 N–H and O–H groups in total. The van der Waals surface area contributed by atoms with Crippen LogP contribution in [0.2, 0.25) is 0 Å². The van der Waals surface area contributed by atoms with Gasteiger partial charge in [0.2, 0.25) is 0 Å². The van der Waals surface area contributed by atoms with Crippen LogP contribution in [-0.2, 0) is 4.74 Å². The minimum atomic E-state index is -0.226. The number of aromatic amines is 1. The van der Waals surface area contributed by atoms with Crippen molar-refractivity contribution in [2.75, 3.05) is 19.8 Å². The molecule has 2 aromatic heterocycles. The van der Waals surface area contributed by atoms with E-state index in [2.05, 4.69) is 15.0 Å². The van der Waals surface area contributed by atoms with Crippen LogP contribution in [0, 0.1) is 17.8 Å². The maximum Gasteiger partial charge on any atom is 0.278 e. The summed E-state index contributed by atoms with van der Waals surface area (Å²) < 4.78 is 7.46. The van der Waals surface area contributed by atoms with Crippen molar-refractivity contribution in [3.05, 3.63) is 23.0 Å².